The molecule has 30 heavy (non-hydrogen) atoms. The molecular formula is C22H26F3N3O2. The van der Waals surface area contributed by atoms with E-state index in [0.717, 1.165) is 68.7 Å². The number of hydrogen-bond donors (Lipinski definition) is 1. The molecule has 1 aromatic heterocycles. The number of halogens is 3. The van der Waals surface area contributed by atoms with E-state index in [-0.39, 0.29) is 11.8 Å². The lowest BCUT2D eigenvalue weighted by atomic mass is 10.0. The van der Waals surface area contributed by atoms with Crippen molar-refractivity contribution < 1.29 is 22.7 Å². The summed E-state index contributed by atoms with van der Waals surface area (Å²) in [5, 5.41) is 7.43. The fourth-order valence-electron chi connectivity index (χ4n) is 4.37. The van der Waals surface area contributed by atoms with E-state index < -0.39 is 11.7 Å². The molecule has 0 spiro atoms. The third-order valence-electron chi connectivity index (χ3n) is 6.10. The number of nitrogens with zero attached hydrogens (tertiary/aromatic N) is 2. The van der Waals surface area contributed by atoms with Gasteiger partial charge < -0.3 is 9.64 Å². The highest BCUT2D eigenvalue weighted by molar-refractivity contribution is 5.79. The minimum atomic E-state index is -4.34. The predicted octanol–water partition coefficient (Wildman–Crippen LogP) is 4.56. The standard InChI is InChI=1S/C22H26F3N3O2/c23-22(24,25)17-5-7-19(8-6-17)30-12-10-18-13-20(27-26-18)16-9-11-28(14-16)21(29)15-3-1-2-4-15/h5-8,13,15-16H,1-4,9-12,14H2,(H,26,27)/t16-/m0/s1. The number of rotatable bonds is 6. The van der Waals surface area contributed by atoms with E-state index in [4.69, 9.17) is 4.74 Å². The first-order chi connectivity index (χ1) is 14.4. The Hall–Kier alpha value is -2.51. The number of likely N-dealkylation sites (tertiary alicyclic amines) is 1. The maximum absolute atomic E-state index is 12.6. The number of ether oxygens (including phenoxy) is 1. The number of carbonyl (C=O) groups is 1. The molecule has 2 aromatic rings. The Kier molecular flexibility index (Phi) is 6.01. The number of alkyl halides is 3. The average molecular weight is 421 g/mol. The second-order valence-electron chi connectivity index (χ2n) is 8.19. The number of benzene rings is 1. The summed E-state index contributed by atoms with van der Waals surface area (Å²) in [5.41, 5.74) is 1.18. The van der Waals surface area contributed by atoms with Gasteiger partial charge in [0.25, 0.3) is 0 Å². The molecule has 5 nitrogen and oxygen atoms in total. The molecule has 2 heterocycles. The maximum atomic E-state index is 12.6. The molecule has 2 fully saturated rings. The maximum Gasteiger partial charge on any atom is 0.416 e. The van der Waals surface area contributed by atoms with E-state index in [1.807, 2.05) is 11.0 Å². The molecule has 0 radical (unpaired) electrons. The topological polar surface area (TPSA) is 58.2 Å². The van der Waals surface area contributed by atoms with Gasteiger partial charge in [-0.05, 0) is 49.6 Å². The molecule has 1 aliphatic heterocycles. The van der Waals surface area contributed by atoms with Crippen LogP contribution in [0.2, 0.25) is 0 Å². The lowest BCUT2D eigenvalue weighted by Gasteiger charge is -2.20. The number of amides is 1. The van der Waals surface area contributed by atoms with Crippen LogP contribution in [0.25, 0.3) is 0 Å². The molecule has 1 aliphatic carbocycles. The normalized spacial score (nSPS) is 20.1. The van der Waals surface area contributed by atoms with Crippen molar-refractivity contribution in [3.63, 3.8) is 0 Å². The van der Waals surface area contributed by atoms with E-state index >= 15 is 0 Å². The Morgan fingerprint density at radius 3 is 2.60 bits per heavy atom. The van der Waals surface area contributed by atoms with Crippen LogP contribution in [0.3, 0.4) is 0 Å². The molecule has 1 saturated carbocycles. The third kappa shape index (κ3) is 4.79. The summed E-state index contributed by atoms with van der Waals surface area (Å²) in [6.45, 7) is 1.85. The Morgan fingerprint density at radius 2 is 1.90 bits per heavy atom. The highest BCUT2D eigenvalue weighted by Crippen LogP contribution is 2.32. The van der Waals surface area contributed by atoms with Gasteiger partial charge in [-0.2, -0.15) is 18.3 Å². The quantitative estimate of drug-likeness (QED) is 0.744. The zero-order chi connectivity index (χ0) is 21.1. The summed E-state index contributed by atoms with van der Waals surface area (Å²) in [6, 6.07) is 6.69. The molecule has 1 aromatic carbocycles. The van der Waals surface area contributed by atoms with E-state index in [2.05, 4.69) is 10.2 Å². The van der Waals surface area contributed by atoms with Crippen molar-refractivity contribution in [2.24, 2.45) is 5.92 Å². The predicted molar refractivity (Wildman–Crippen MR) is 105 cm³/mol. The molecule has 8 heteroatoms. The number of carbonyl (C=O) groups excluding carboxylic acids is 1. The van der Waals surface area contributed by atoms with Crippen LogP contribution in [0.1, 0.15) is 55.0 Å². The largest absolute Gasteiger partial charge is 0.493 e. The number of nitrogens with one attached hydrogen (secondary N) is 1. The number of aromatic nitrogens is 2. The summed E-state index contributed by atoms with van der Waals surface area (Å²) in [7, 11) is 0. The number of H-pyrrole nitrogens is 1. The fourth-order valence-corrected chi connectivity index (χ4v) is 4.37. The van der Waals surface area contributed by atoms with E-state index in [1.165, 1.54) is 12.1 Å². The molecule has 4 rings (SSSR count). The van der Waals surface area contributed by atoms with Gasteiger partial charge in [0, 0.05) is 37.0 Å². The van der Waals surface area contributed by atoms with E-state index in [9.17, 15) is 18.0 Å². The molecule has 1 amide bonds. The van der Waals surface area contributed by atoms with Crippen LogP contribution in [-0.2, 0) is 17.4 Å². The molecule has 162 valence electrons. The lowest BCUT2D eigenvalue weighted by molar-refractivity contribution is -0.137. The average Bonchev–Trinajstić information content (AvgIpc) is 3.48. The minimum Gasteiger partial charge on any atom is -0.493 e. The van der Waals surface area contributed by atoms with Crippen LogP contribution >= 0.6 is 0 Å². The zero-order valence-electron chi connectivity index (χ0n) is 16.8. The van der Waals surface area contributed by atoms with Crippen molar-refractivity contribution in [3.05, 3.63) is 47.3 Å². The lowest BCUT2D eigenvalue weighted by Crippen LogP contribution is -2.33. The molecule has 0 unspecified atom stereocenters. The zero-order valence-corrected chi connectivity index (χ0v) is 16.8. The Bertz CT molecular complexity index is 857. The molecule has 2 aliphatic rings. The van der Waals surface area contributed by atoms with Crippen molar-refractivity contribution in [1.29, 1.82) is 0 Å². The van der Waals surface area contributed by atoms with Gasteiger partial charge in [-0.25, -0.2) is 0 Å². The van der Waals surface area contributed by atoms with Crippen LogP contribution in [0, 0.1) is 5.92 Å². The fraction of sp³-hybridized carbons (Fsp3) is 0.545. The Morgan fingerprint density at radius 1 is 1.17 bits per heavy atom. The highest BCUT2D eigenvalue weighted by Gasteiger charge is 2.33. The van der Waals surface area contributed by atoms with Gasteiger partial charge in [0.2, 0.25) is 5.91 Å². The van der Waals surface area contributed by atoms with Crippen LogP contribution in [0.5, 0.6) is 5.75 Å². The van der Waals surface area contributed by atoms with Crippen molar-refractivity contribution in [1.82, 2.24) is 15.1 Å². The second kappa shape index (κ2) is 8.70. The number of hydrogen-bond acceptors (Lipinski definition) is 3. The van der Waals surface area contributed by atoms with Gasteiger partial charge in [0.05, 0.1) is 17.9 Å². The van der Waals surface area contributed by atoms with Gasteiger partial charge in [0.15, 0.2) is 0 Å². The summed E-state index contributed by atoms with van der Waals surface area (Å²) in [6.07, 6.45) is 1.51. The third-order valence-corrected chi connectivity index (χ3v) is 6.10. The van der Waals surface area contributed by atoms with Crippen molar-refractivity contribution in [3.8, 4) is 5.75 Å². The summed E-state index contributed by atoms with van der Waals surface area (Å²) in [5.74, 6) is 1.16. The van der Waals surface area contributed by atoms with Gasteiger partial charge in [-0.3, -0.25) is 9.89 Å². The second-order valence-corrected chi connectivity index (χ2v) is 8.19. The van der Waals surface area contributed by atoms with Crippen molar-refractivity contribution >= 4 is 5.91 Å². The van der Waals surface area contributed by atoms with Crippen molar-refractivity contribution in [2.45, 2.75) is 50.6 Å². The van der Waals surface area contributed by atoms with Crippen LogP contribution in [0.15, 0.2) is 30.3 Å². The summed E-state index contributed by atoms with van der Waals surface area (Å²) in [4.78, 5) is 14.6. The molecular weight excluding hydrogens is 395 g/mol. The van der Waals surface area contributed by atoms with Crippen LogP contribution in [0.4, 0.5) is 13.2 Å². The monoisotopic (exact) mass is 421 g/mol. The minimum absolute atomic E-state index is 0.209. The Labute approximate surface area is 173 Å². The number of aromatic amines is 1. The van der Waals surface area contributed by atoms with Gasteiger partial charge in [-0.1, -0.05) is 12.8 Å². The van der Waals surface area contributed by atoms with Gasteiger partial charge in [-0.15, -0.1) is 0 Å². The summed E-state index contributed by atoms with van der Waals surface area (Å²) < 4.78 is 43.3. The van der Waals surface area contributed by atoms with Crippen molar-refractivity contribution in [2.75, 3.05) is 19.7 Å². The molecule has 0 bridgehead atoms. The molecule has 1 N–H and O–H groups in total. The van der Waals surface area contributed by atoms with Gasteiger partial charge >= 0.3 is 6.18 Å². The SMILES string of the molecule is O=C(C1CCCC1)N1CC[C@H](c2cc(CCOc3ccc(C(F)(F)F)cc3)[nH]n2)C1. The van der Waals surface area contributed by atoms with Crippen LogP contribution in [-0.4, -0.2) is 40.7 Å². The Balaban J connectivity index is 1.25. The molecule has 1 saturated heterocycles. The highest BCUT2D eigenvalue weighted by atomic mass is 19.4. The van der Waals surface area contributed by atoms with E-state index in [0.29, 0.717) is 24.7 Å². The first-order valence-corrected chi connectivity index (χ1v) is 10.5. The smallest absolute Gasteiger partial charge is 0.416 e. The van der Waals surface area contributed by atoms with Gasteiger partial charge in [0.1, 0.15) is 5.75 Å². The first kappa shape index (κ1) is 20.8. The van der Waals surface area contributed by atoms with E-state index in [1.54, 1.807) is 0 Å². The first-order valence-electron chi connectivity index (χ1n) is 10.5. The molecule has 1 atom stereocenters. The van der Waals surface area contributed by atoms with Crippen LogP contribution < -0.4 is 4.74 Å². The summed E-state index contributed by atoms with van der Waals surface area (Å²) >= 11 is 0.